The Morgan fingerprint density at radius 3 is 2.66 bits per heavy atom. The van der Waals surface area contributed by atoms with Gasteiger partial charge in [-0.05, 0) is 42.3 Å². The van der Waals surface area contributed by atoms with Crippen LogP contribution in [-0.4, -0.2) is 22.7 Å². The Labute approximate surface area is 207 Å². The first-order valence-electron chi connectivity index (χ1n) is 11.1. The van der Waals surface area contributed by atoms with Crippen molar-refractivity contribution in [1.82, 2.24) is 10.3 Å². The second-order valence-electron chi connectivity index (χ2n) is 7.91. The summed E-state index contributed by atoms with van der Waals surface area (Å²) in [6, 6.07) is 13.3. The number of anilines is 3. The van der Waals surface area contributed by atoms with E-state index in [9.17, 15) is 18.8 Å². The van der Waals surface area contributed by atoms with Gasteiger partial charge in [0.2, 0.25) is 17.7 Å². The minimum absolute atomic E-state index is 0.0439. The number of nitrogens with zero attached hydrogens (tertiary/aromatic N) is 2. The van der Waals surface area contributed by atoms with Crippen molar-refractivity contribution in [3.63, 3.8) is 0 Å². The second kappa shape index (κ2) is 12.0. The monoisotopic (exact) mass is 494 g/mol. The average molecular weight is 495 g/mol. The number of aromatic nitrogens is 1. The molecule has 3 aromatic rings. The van der Waals surface area contributed by atoms with Gasteiger partial charge in [-0.25, -0.2) is 9.37 Å². The summed E-state index contributed by atoms with van der Waals surface area (Å²) in [7, 11) is 0. The Balaban J connectivity index is 1.60. The maximum absolute atomic E-state index is 14.2. The topological polar surface area (TPSA) is 91.4 Å². The van der Waals surface area contributed by atoms with Crippen molar-refractivity contribution in [2.75, 3.05) is 10.2 Å². The number of nitrogens with one attached hydrogen (secondary N) is 2. The molecule has 0 spiro atoms. The predicted octanol–water partition coefficient (Wildman–Crippen LogP) is 5.28. The van der Waals surface area contributed by atoms with Crippen LogP contribution in [0.3, 0.4) is 0 Å². The molecule has 3 rings (SSSR count). The minimum atomic E-state index is -0.530. The van der Waals surface area contributed by atoms with Crippen LogP contribution in [0.25, 0.3) is 6.08 Å². The third kappa shape index (κ3) is 7.07. The lowest BCUT2D eigenvalue weighted by atomic mass is 10.1. The van der Waals surface area contributed by atoms with Gasteiger partial charge in [0.1, 0.15) is 5.82 Å². The zero-order chi connectivity index (χ0) is 25.4. The lowest BCUT2D eigenvalue weighted by Gasteiger charge is -2.18. The molecule has 0 saturated carbocycles. The van der Waals surface area contributed by atoms with Gasteiger partial charge in [0, 0.05) is 36.5 Å². The normalized spacial score (nSPS) is 11.8. The van der Waals surface area contributed by atoms with Crippen molar-refractivity contribution in [3.05, 3.63) is 77.1 Å². The number of thiazole rings is 1. The standard InChI is InChI=1S/C26H27FN4O3S/c1-4-17(2)25(34)29-20-9-7-8-19(14-20)15-28-24(33)13-12-21-16-35-26(30-21)31(18(3)32)23-11-6-5-10-22(23)27/h5-14,16-17H,4,15H2,1-3H3,(H,28,33)(H,29,34). The summed E-state index contributed by atoms with van der Waals surface area (Å²) in [6.45, 7) is 5.44. The maximum Gasteiger partial charge on any atom is 0.244 e. The number of carbonyl (C=O) groups is 3. The first kappa shape index (κ1) is 25.8. The molecule has 0 radical (unpaired) electrons. The van der Waals surface area contributed by atoms with Crippen molar-refractivity contribution < 1.29 is 18.8 Å². The van der Waals surface area contributed by atoms with Gasteiger partial charge in [0.25, 0.3) is 0 Å². The predicted molar refractivity (Wildman–Crippen MR) is 137 cm³/mol. The highest BCUT2D eigenvalue weighted by molar-refractivity contribution is 7.14. The molecule has 0 saturated heterocycles. The number of carbonyl (C=O) groups excluding carboxylic acids is 3. The van der Waals surface area contributed by atoms with Gasteiger partial charge in [0.15, 0.2) is 5.13 Å². The number of para-hydroxylation sites is 1. The van der Waals surface area contributed by atoms with Gasteiger partial charge < -0.3 is 10.6 Å². The van der Waals surface area contributed by atoms with Crippen LogP contribution in [-0.2, 0) is 20.9 Å². The van der Waals surface area contributed by atoms with Crippen LogP contribution in [0.2, 0.25) is 0 Å². The highest BCUT2D eigenvalue weighted by Crippen LogP contribution is 2.31. The summed E-state index contributed by atoms with van der Waals surface area (Å²) in [6.07, 6.45) is 3.62. The molecule has 2 aromatic carbocycles. The number of benzene rings is 2. The van der Waals surface area contributed by atoms with Crippen LogP contribution >= 0.6 is 11.3 Å². The molecule has 0 aliphatic carbocycles. The van der Waals surface area contributed by atoms with Crippen molar-refractivity contribution in [1.29, 1.82) is 0 Å². The maximum atomic E-state index is 14.2. The summed E-state index contributed by atoms with van der Waals surface area (Å²) in [5.41, 5.74) is 2.10. The van der Waals surface area contributed by atoms with E-state index in [4.69, 9.17) is 0 Å². The van der Waals surface area contributed by atoms with Crippen LogP contribution < -0.4 is 15.5 Å². The Hall–Kier alpha value is -3.85. The van der Waals surface area contributed by atoms with Gasteiger partial charge >= 0.3 is 0 Å². The van der Waals surface area contributed by atoms with Gasteiger partial charge in [-0.1, -0.05) is 38.1 Å². The number of hydrogen-bond acceptors (Lipinski definition) is 5. The summed E-state index contributed by atoms with van der Waals surface area (Å²) in [4.78, 5) is 42.1. The average Bonchev–Trinajstić information content (AvgIpc) is 3.30. The Kier molecular flexibility index (Phi) is 8.86. The first-order valence-corrected chi connectivity index (χ1v) is 12.0. The number of hydrogen-bond donors (Lipinski definition) is 2. The second-order valence-corrected chi connectivity index (χ2v) is 8.75. The molecule has 1 aromatic heterocycles. The third-order valence-electron chi connectivity index (χ3n) is 5.24. The fourth-order valence-electron chi connectivity index (χ4n) is 3.11. The fraction of sp³-hybridized carbons (Fsp3) is 0.231. The fourth-order valence-corrected chi connectivity index (χ4v) is 3.96. The minimum Gasteiger partial charge on any atom is -0.348 e. The van der Waals surface area contributed by atoms with Crippen molar-refractivity contribution in [3.8, 4) is 0 Å². The molecular weight excluding hydrogens is 467 g/mol. The van der Waals surface area contributed by atoms with E-state index in [1.165, 1.54) is 47.4 Å². The van der Waals surface area contributed by atoms with Crippen molar-refractivity contribution >= 4 is 51.6 Å². The highest BCUT2D eigenvalue weighted by Gasteiger charge is 2.20. The molecule has 0 bridgehead atoms. The lowest BCUT2D eigenvalue weighted by molar-refractivity contribution is -0.119. The van der Waals surface area contributed by atoms with E-state index in [0.29, 0.717) is 16.5 Å². The number of halogens is 1. The molecule has 1 atom stereocenters. The summed E-state index contributed by atoms with van der Waals surface area (Å²) in [5.74, 6) is -1.36. The summed E-state index contributed by atoms with van der Waals surface area (Å²) in [5, 5.41) is 7.65. The van der Waals surface area contributed by atoms with E-state index < -0.39 is 5.82 Å². The molecule has 3 amide bonds. The molecule has 2 N–H and O–H groups in total. The van der Waals surface area contributed by atoms with E-state index in [2.05, 4.69) is 15.6 Å². The number of rotatable bonds is 9. The van der Waals surface area contributed by atoms with E-state index in [1.807, 2.05) is 32.0 Å². The Morgan fingerprint density at radius 1 is 1.17 bits per heavy atom. The highest BCUT2D eigenvalue weighted by atomic mass is 32.1. The summed E-state index contributed by atoms with van der Waals surface area (Å²) >= 11 is 1.17. The van der Waals surface area contributed by atoms with E-state index in [0.717, 1.165) is 12.0 Å². The molecule has 35 heavy (non-hydrogen) atoms. The van der Waals surface area contributed by atoms with Gasteiger partial charge in [-0.3, -0.25) is 19.3 Å². The van der Waals surface area contributed by atoms with Crippen LogP contribution in [0.15, 0.2) is 60.0 Å². The molecule has 0 fully saturated rings. The lowest BCUT2D eigenvalue weighted by Crippen LogP contribution is -2.23. The molecule has 182 valence electrons. The third-order valence-corrected chi connectivity index (χ3v) is 6.08. The molecule has 0 aliphatic heterocycles. The molecule has 0 aliphatic rings. The van der Waals surface area contributed by atoms with Gasteiger partial charge in [-0.2, -0.15) is 0 Å². The van der Waals surface area contributed by atoms with E-state index in [1.54, 1.807) is 23.6 Å². The molecule has 1 heterocycles. The van der Waals surface area contributed by atoms with Crippen LogP contribution in [0.1, 0.15) is 38.4 Å². The Bertz CT molecular complexity index is 1240. The molecule has 9 heteroatoms. The molecule has 7 nitrogen and oxygen atoms in total. The summed E-state index contributed by atoms with van der Waals surface area (Å²) < 4.78 is 14.2. The smallest absolute Gasteiger partial charge is 0.244 e. The van der Waals surface area contributed by atoms with E-state index in [-0.39, 0.29) is 35.9 Å². The van der Waals surface area contributed by atoms with Crippen LogP contribution in [0, 0.1) is 11.7 Å². The Morgan fingerprint density at radius 2 is 1.94 bits per heavy atom. The quantitative estimate of drug-likeness (QED) is 0.396. The zero-order valence-corrected chi connectivity index (χ0v) is 20.6. The van der Waals surface area contributed by atoms with Crippen molar-refractivity contribution in [2.24, 2.45) is 5.92 Å². The first-order chi connectivity index (χ1) is 16.8. The van der Waals surface area contributed by atoms with Crippen molar-refractivity contribution in [2.45, 2.75) is 33.7 Å². The largest absolute Gasteiger partial charge is 0.348 e. The zero-order valence-electron chi connectivity index (χ0n) is 19.7. The van der Waals surface area contributed by atoms with Crippen LogP contribution in [0.4, 0.5) is 20.9 Å². The SMILES string of the molecule is CCC(C)C(=O)Nc1cccc(CNC(=O)C=Cc2csc(N(C(C)=O)c3ccccc3F)n2)c1. The van der Waals surface area contributed by atoms with Crippen LogP contribution in [0.5, 0.6) is 0 Å². The van der Waals surface area contributed by atoms with Gasteiger partial charge in [-0.15, -0.1) is 11.3 Å². The number of amides is 3. The van der Waals surface area contributed by atoms with E-state index >= 15 is 0 Å². The van der Waals surface area contributed by atoms with Gasteiger partial charge in [0.05, 0.1) is 11.4 Å². The molecular formula is C26H27FN4O3S. The molecule has 1 unspecified atom stereocenters.